The molecule has 0 bridgehead atoms. The van der Waals surface area contributed by atoms with E-state index in [-0.39, 0.29) is 10.8 Å². The smallest absolute Gasteiger partial charge is 0.164 e. The van der Waals surface area contributed by atoms with Crippen LogP contribution in [-0.2, 0) is 16.2 Å². The van der Waals surface area contributed by atoms with Crippen molar-refractivity contribution in [3.63, 3.8) is 0 Å². The first-order valence-corrected chi connectivity index (χ1v) is 22.7. The van der Waals surface area contributed by atoms with Crippen LogP contribution in [0.3, 0.4) is 0 Å². The third-order valence-corrected chi connectivity index (χ3v) is 15.0. The van der Waals surface area contributed by atoms with Crippen molar-refractivity contribution < 1.29 is 0 Å². The van der Waals surface area contributed by atoms with Gasteiger partial charge in [0.2, 0.25) is 0 Å². The van der Waals surface area contributed by atoms with Gasteiger partial charge in [-0.15, -0.1) is 0 Å². The van der Waals surface area contributed by atoms with E-state index < -0.39 is 5.41 Å². The number of aromatic nitrogens is 4. The summed E-state index contributed by atoms with van der Waals surface area (Å²) in [5, 5.41) is 2.59. The summed E-state index contributed by atoms with van der Waals surface area (Å²) in [5.74, 6) is 1.96. The monoisotopic (exact) mass is 822 g/mol. The summed E-state index contributed by atoms with van der Waals surface area (Å²) >= 11 is 0. The minimum atomic E-state index is -0.457. The normalized spacial score (nSPS) is 15.8. The van der Waals surface area contributed by atoms with E-state index in [9.17, 15) is 0 Å². The van der Waals surface area contributed by atoms with Crippen LogP contribution in [-0.4, -0.2) is 19.5 Å². The van der Waals surface area contributed by atoms with Crippen molar-refractivity contribution in [3.8, 4) is 62.1 Å². The maximum atomic E-state index is 5.39. The van der Waals surface area contributed by atoms with Crippen molar-refractivity contribution in [3.05, 3.63) is 215 Å². The van der Waals surface area contributed by atoms with Crippen LogP contribution in [0, 0.1) is 0 Å². The Hall–Kier alpha value is -7.43. The van der Waals surface area contributed by atoms with Gasteiger partial charge in [0.15, 0.2) is 17.5 Å². The van der Waals surface area contributed by atoms with Gasteiger partial charge in [0.1, 0.15) is 0 Å². The molecule has 0 amide bonds. The highest BCUT2D eigenvalue weighted by molar-refractivity contribution is 6.10. The lowest BCUT2D eigenvalue weighted by Gasteiger charge is -2.42. The molecule has 0 fully saturated rings. The van der Waals surface area contributed by atoms with E-state index >= 15 is 0 Å². The van der Waals surface area contributed by atoms with Crippen molar-refractivity contribution in [2.24, 2.45) is 0 Å². The van der Waals surface area contributed by atoms with Crippen LogP contribution < -0.4 is 0 Å². The van der Waals surface area contributed by atoms with Crippen molar-refractivity contribution in [1.82, 2.24) is 19.5 Å². The summed E-state index contributed by atoms with van der Waals surface area (Å²) in [6.45, 7) is 9.65. The third-order valence-electron chi connectivity index (χ3n) is 15.0. The number of hydrogen-bond donors (Lipinski definition) is 0. The molecule has 0 atom stereocenters. The molecule has 0 saturated heterocycles. The van der Waals surface area contributed by atoms with Gasteiger partial charge in [-0.2, -0.15) is 0 Å². The second-order valence-corrected chi connectivity index (χ2v) is 19.4. The number of rotatable bonds is 4. The molecule has 4 nitrogen and oxygen atoms in total. The first kappa shape index (κ1) is 37.2. The van der Waals surface area contributed by atoms with E-state index in [1.165, 1.54) is 90.3 Å². The molecule has 0 saturated carbocycles. The van der Waals surface area contributed by atoms with E-state index in [2.05, 4.69) is 196 Å². The van der Waals surface area contributed by atoms with Crippen molar-refractivity contribution in [2.45, 2.75) is 56.8 Å². The zero-order valence-electron chi connectivity index (χ0n) is 36.5. The van der Waals surface area contributed by atoms with Gasteiger partial charge >= 0.3 is 0 Å². The molecule has 0 N–H and O–H groups in total. The molecule has 0 aliphatic heterocycles. The van der Waals surface area contributed by atoms with E-state index in [1.807, 2.05) is 18.2 Å². The van der Waals surface area contributed by atoms with Gasteiger partial charge in [0.25, 0.3) is 0 Å². The fraction of sp³-hybridized carbons (Fsp3) is 0.150. The Bertz CT molecular complexity index is 3510. The number of para-hydroxylation sites is 1. The molecule has 4 heteroatoms. The molecule has 0 unspecified atom stereocenters. The lowest BCUT2D eigenvalue weighted by molar-refractivity contribution is 0.332. The molecule has 0 radical (unpaired) electrons. The van der Waals surface area contributed by atoms with Gasteiger partial charge in [-0.3, -0.25) is 0 Å². The number of nitrogens with zero attached hydrogens (tertiary/aromatic N) is 4. The molecule has 3 aliphatic rings. The van der Waals surface area contributed by atoms with Crippen molar-refractivity contribution in [2.75, 3.05) is 0 Å². The average Bonchev–Trinajstić information content (AvgIpc) is 3.95. The minimum absolute atomic E-state index is 0.102. The topological polar surface area (TPSA) is 43.6 Å². The summed E-state index contributed by atoms with van der Waals surface area (Å²) in [4.78, 5) is 15.9. The predicted molar refractivity (Wildman–Crippen MR) is 262 cm³/mol. The maximum absolute atomic E-state index is 5.39. The van der Waals surface area contributed by atoms with Crippen molar-refractivity contribution in [1.29, 1.82) is 0 Å². The van der Waals surface area contributed by atoms with Crippen LogP contribution >= 0.6 is 0 Å². The van der Waals surface area contributed by atoms with Crippen LogP contribution in [0.1, 0.15) is 73.9 Å². The molecule has 2 aromatic heterocycles. The Balaban J connectivity index is 0.995. The lowest BCUT2D eigenvalue weighted by Crippen LogP contribution is -2.33. The number of hydrogen-bond acceptors (Lipinski definition) is 3. The summed E-state index contributed by atoms with van der Waals surface area (Å²) in [6.07, 6.45) is 2.36. The van der Waals surface area contributed by atoms with Gasteiger partial charge in [-0.05, 0) is 122 Å². The number of benzene rings is 8. The van der Waals surface area contributed by atoms with Gasteiger partial charge in [0.05, 0.1) is 16.4 Å². The molecule has 1 spiro atoms. The largest absolute Gasteiger partial charge is 0.309 e. The Morgan fingerprint density at radius 1 is 0.375 bits per heavy atom. The summed E-state index contributed by atoms with van der Waals surface area (Å²) in [7, 11) is 0. The molecule has 8 aromatic carbocycles. The lowest BCUT2D eigenvalue weighted by atomic mass is 9.63. The fourth-order valence-electron chi connectivity index (χ4n) is 11.7. The predicted octanol–water partition coefficient (Wildman–Crippen LogP) is 14.7. The molecule has 2 heterocycles. The van der Waals surface area contributed by atoms with E-state index in [0.29, 0.717) is 17.5 Å². The van der Waals surface area contributed by atoms with Gasteiger partial charge in [-0.25, -0.2) is 15.0 Å². The maximum Gasteiger partial charge on any atom is 0.164 e. The van der Waals surface area contributed by atoms with Gasteiger partial charge in [-0.1, -0.05) is 167 Å². The molecule has 306 valence electrons. The second kappa shape index (κ2) is 13.3. The quantitative estimate of drug-likeness (QED) is 0.178. The number of fused-ring (bicyclic) bond motifs is 14. The summed E-state index contributed by atoms with van der Waals surface area (Å²) in [6, 6.07) is 66.5. The first-order valence-electron chi connectivity index (χ1n) is 22.7. The van der Waals surface area contributed by atoms with Crippen LogP contribution in [0.5, 0.6) is 0 Å². The SMILES string of the molecule is CC1(C)CCC(C)(C)c2cc3c(cc21)c1ccccc1n3-c1ccc(-c2nc(-c3ccccc3)nc(-c3cccc4c3-c3ccccc3C43c4ccccc4-c4ccccc43)n2)cc1. The van der Waals surface area contributed by atoms with Crippen LogP contribution in [0.25, 0.3) is 83.9 Å². The highest BCUT2D eigenvalue weighted by Gasteiger charge is 2.52. The standard InChI is InChI=1S/C60H46N4/c1-58(2)33-34-59(3,4)51-36-53-45(35-50(51)58)42-21-11-15-28-52(42)64(53)39-31-29-38(30-32-39)56-61-55(37-17-6-5-7-18-37)62-57(63-56)44-23-16-27-49-54(44)43-22-10-14-26-48(43)60(49)46-24-12-8-19-40(46)41-20-9-13-25-47(41)60/h5-32,35-36H,33-34H2,1-4H3. The molecule has 10 aromatic rings. The molecule has 3 aliphatic carbocycles. The first-order chi connectivity index (χ1) is 31.2. The van der Waals surface area contributed by atoms with Crippen molar-refractivity contribution >= 4 is 21.8 Å². The Morgan fingerprint density at radius 3 is 1.55 bits per heavy atom. The summed E-state index contributed by atoms with van der Waals surface area (Å²) in [5.41, 5.74) is 19.3. The molecular formula is C60H46N4. The second-order valence-electron chi connectivity index (χ2n) is 19.4. The third kappa shape index (κ3) is 5.08. The van der Waals surface area contributed by atoms with Crippen LogP contribution in [0.15, 0.2) is 182 Å². The fourth-order valence-corrected chi connectivity index (χ4v) is 11.7. The summed E-state index contributed by atoms with van der Waals surface area (Å²) < 4.78 is 2.44. The van der Waals surface area contributed by atoms with Gasteiger partial charge < -0.3 is 4.57 Å². The van der Waals surface area contributed by atoms with Crippen LogP contribution in [0.4, 0.5) is 0 Å². The Morgan fingerprint density at radius 2 is 0.875 bits per heavy atom. The Kier molecular flexibility index (Phi) is 7.72. The average molecular weight is 823 g/mol. The minimum Gasteiger partial charge on any atom is -0.309 e. The van der Waals surface area contributed by atoms with E-state index in [4.69, 9.17) is 15.0 Å². The van der Waals surface area contributed by atoms with Gasteiger partial charge in [0, 0.05) is 33.2 Å². The highest BCUT2D eigenvalue weighted by Crippen LogP contribution is 2.64. The van der Waals surface area contributed by atoms with E-state index in [0.717, 1.165) is 22.4 Å². The molecule has 64 heavy (non-hydrogen) atoms. The Labute approximate surface area is 374 Å². The molecule has 13 rings (SSSR count). The zero-order valence-corrected chi connectivity index (χ0v) is 36.5. The highest BCUT2D eigenvalue weighted by atomic mass is 15.0. The zero-order chi connectivity index (χ0) is 43.0. The van der Waals surface area contributed by atoms with E-state index in [1.54, 1.807) is 0 Å². The van der Waals surface area contributed by atoms with Crippen LogP contribution in [0.2, 0.25) is 0 Å². The molecular weight excluding hydrogens is 777 g/mol.